The molecule has 1 aliphatic rings. The highest BCUT2D eigenvalue weighted by molar-refractivity contribution is 8.00. The second kappa shape index (κ2) is 17.0. The van der Waals surface area contributed by atoms with Crippen LogP contribution in [0, 0.1) is 40.9 Å². The lowest BCUT2D eigenvalue weighted by atomic mass is 9.54. The largest absolute Gasteiger partial charge is 0.154 e. The van der Waals surface area contributed by atoms with E-state index in [9.17, 15) is 0 Å². The Hall–Kier alpha value is -0.430. The molecular formula is C39H72S. The highest BCUT2D eigenvalue weighted by Crippen LogP contribution is 2.59. The standard InChI is InChI=1S/C39H72S/c1-16-20-22-34-32(12)37(28(7)8)38(14,40-15)33(13)36(34)35(19-4)39(23-21-17-2,26-31(11)27(5)6)25-30(10)24-29(9)18-3/h27-28,30-31,33,35H,9,16-26H2,1-8,10-15H3. The quantitative estimate of drug-likeness (QED) is 0.139. The fourth-order valence-corrected chi connectivity index (χ4v) is 9.66. The van der Waals surface area contributed by atoms with Gasteiger partial charge in [-0.3, -0.25) is 0 Å². The monoisotopic (exact) mass is 573 g/mol. The Morgan fingerprint density at radius 3 is 2.02 bits per heavy atom. The zero-order valence-corrected chi connectivity index (χ0v) is 30.7. The van der Waals surface area contributed by atoms with Crippen molar-refractivity contribution in [3.8, 4) is 0 Å². The van der Waals surface area contributed by atoms with Crippen LogP contribution in [-0.4, -0.2) is 11.0 Å². The number of rotatable bonds is 19. The summed E-state index contributed by atoms with van der Waals surface area (Å²) in [6.07, 6.45) is 16.5. The first-order valence-electron chi connectivity index (χ1n) is 17.4. The minimum Gasteiger partial charge on any atom is -0.154 e. The van der Waals surface area contributed by atoms with Crippen molar-refractivity contribution < 1.29 is 0 Å². The molecule has 0 radical (unpaired) electrons. The van der Waals surface area contributed by atoms with Gasteiger partial charge in [0.15, 0.2) is 0 Å². The Kier molecular flexibility index (Phi) is 16.0. The first-order valence-corrected chi connectivity index (χ1v) is 18.6. The van der Waals surface area contributed by atoms with Crippen LogP contribution in [0.15, 0.2) is 34.4 Å². The molecule has 0 saturated heterocycles. The Morgan fingerprint density at radius 2 is 1.57 bits per heavy atom. The molecule has 0 N–H and O–H groups in total. The van der Waals surface area contributed by atoms with E-state index in [-0.39, 0.29) is 4.75 Å². The van der Waals surface area contributed by atoms with Crippen molar-refractivity contribution >= 4 is 11.8 Å². The summed E-state index contributed by atoms with van der Waals surface area (Å²) < 4.78 is 0.166. The minimum atomic E-state index is 0.166. The number of hydrogen-bond acceptors (Lipinski definition) is 1. The van der Waals surface area contributed by atoms with Crippen molar-refractivity contribution in [2.45, 2.75) is 165 Å². The first-order chi connectivity index (χ1) is 18.7. The Morgan fingerprint density at radius 1 is 0.975 bits per heavy atom. The van der Waals surface area contributed by atoms with Crippen LogP contribution in [0.1, 0.15) is 161 Å². The van der Waals surface area contributed by atoms with Gasteiger partial charge >= 0.3 is 0 Å². The maximum Gasteiger partial charge on any atom is 0.0408 e. The van der Waals surface area contributed by atoms with Crippen LogP contribution in [0.3, 0.4) is 0 Å². The topological polar surface area (TPSA) is 0 Å². The molecule has 1 aliphatic carbocycles. The molecule has 0 spiro atoms. The van der Waals surface area contributed by atoms with Crippen LogP contribution < -0.4 is 0 Å². The first kappa shape index (κ1) is 37.6. The van der Waals surface area contributed by atoms with Gasteiger partial charge in [0.05, 0.1) is 0 Å². The maximum absolute atomic E-state index is 4.45. The van der Waals surface area contributed by atoms with E-state index in [1.165, 1.54) is 69.8 Å². The molecule has 1 rings (SSSR count). The normalized spacial score (nSPS) is 24.1. The van der Waals surface area contributed by atoms with Gasteiger partial charge in [-0.05, 0) is 129 Å². The van der Waals surface area contributed by atoms with Crippen LogP contribution in [0.4, 0.5) is 0 Å². The molecule has 6 unspecified atom stereocenters. The van der Waals surface area contributed by atoms with E-state index in [4.69, 9.17) is 0 Å². The second-order valence-corrected chi connectivity index (χ2v) is 16.0. The van der Waals surface area contributed by atoms with Gasteiger partial charge in [0.25, 0.3) is 0 Å². The van der Waals surface area contributed by atoms with Crippen molar-refractivity contribution in [2.75, 3.05) is 6.26 Å². The highest BCUT2D eigenvalue weighted by Gasteiger charge is 2.49. The molecule has 0 saturated carbocycles. The van der Waals surface area contributed by atoms with Gasteiger partial charge in [-0.1, -0.05) is 113 Å². The van der Waals surface area contributed by atoms with Crippen molar-refractivity contribution in [1.82, 2.24) is 0 Å². The molecule has 0 nitrogen and oxygen atoms in total. The van der Waals surface area contributed by atoms with Gasteiger partial charge in [-0.2, -0.15) is 11.8 Å². The number of hydrogen-bond donors (Lipinski definition) is 0. The average Bonchev–Trinajstić information content (AvgIpc) is 2.89. The summed E-state index contributed by atoms with van der Waals surface area (Å²) >= 11 is 2.12. The molecule has 0 aromatic carbocycles. The van der Waals surface area contributed by atoms with Crippen LogP contribution in [0.2, 0.25) is 0 Å². The number of allylic oxidation sites excluding steroid dienone is 4. The molecule has 0 aromatic rings. The minimum absolute atomic E-state index is 0.166. The SMILES string of the molecule is C=C(CC)CC(C)CC(CCCC)(CC(C)C(C)C)C(CC)C1=C(CCCC)C(C)=C(C(C)C)C(C)(SC)C1C. The lowest BCUT2D eigenvalue weighted by Crippen LogP contribution is -2.45. The zero-order valence-electron chi connectivity index (χ0n) is 29.9. The van der Waals surface area contributed by atoms with E-state index in [0.717, 1.165) is 18.3 Å². The van der Waals surface area contributed by atoms with Crippen molar-refractivity contribution in [1.29, 1.82) is 0 Å². The van der Waals surface area contributed by atoms with Gasteiger partial charge in [0.1, 0.15) is 0 Å². The fraction of sp³-hybridized carbons (Fsp3) is 0.846. The maximum atomic E-state index is 4.45. The molecule has 40 heavy (non-hydrogen) atoms. The predicted molar refractivity (Wildman–Crippen MR) is 187 cm³/mol. The molecule has 0 aliphatic heterocycles. The molecular weight excluding hydrogens is 500 g/mol. The Bertz CT molecular complexity index is 841. The van der Waals surface area contributed by atoms with E-state index < -0.39 is 0 Å². The van der Waals surface area contributed by atoms with Crippen LogP contribution >= 0.6 is 11.8 Å². The molecule has 234 valence electrons. The smallest absolute Gasteiger partial charge is 0.0408 e. The molecule has 0 fully saturated rings. The summed E-state index contributed by atoms with van der Waals surface area (Å²) in [5.41, 5.74) is 8.78. The molecule has 1 heteroatoms. The van der Waals surface area contributed by atoms with Gasteiger partial charge < -0.3 is 0 Å². The summed E-state index contributed by atoms with van der Waals surface area (Å²) in [7, 11) is 0. The van der Waals surface area contributed by atoms with E-state index in [1.54, 1.807) is 16.7 Å². The summed E-state index contributed by atoms with van der Waals surface area (Å²) in [5.74, 6) is 3.95. The summed E-state index contributed by atoms with van der Waals surface area (Å²) in [5, 5.41) is 0. The van der Waals surface area contributed by atoms with E-state index >= 15 is 0 Å². The van der Waals surface area contributed by atoms with Crippen LogP contribution in [-0.2, 0) is 0 Å². The van der Waals surface area contributed by atoms with Crippen molar-refractivity contribution in [3.05, 3.63) is 34.4 Å². The van der Waals surface area contributed by atoms with Gasteiger partial charge in [0, 0.05) is 4.75 Å². The van der Waals surface area contributed by atoms with E-state index in [0.29, 0.717) is 29.1 Å². The third-order valence-electron chi connectivity index (χ3n) is 11.1. The lowest BCUT2D eigenvalue weighted by molar-refractivity contribution is 0.0684. The molecule has 0 bridgehead atoms. The molecule has 0 aromatic heterocycles. The van der Waals surface area contributed by atoms with Crippen LogP contribution in [0.25, 0.3) is 0 Å². The summed E-state index contributed by atoms with van der Waals surface area (Å²) in [4.78, 5) is 0. The van der Waals surface area contributed by atoms with Gasteiger partial charge in [-0.15, -0.1) is 0 Å². The Balaban J connectivity index is 4.08. The summed E-state index contributed by atoms with van der Waals surface area (Å²) in [6, 6.07) is 0. The van der Waals surface area contributed by atoms with Crippen molar-refractivity contribution in [2.24, 2.45) is 40.9 Å². The Labute approximate surface area is 258 Å². The van der Waals surface area contributed by atoms with Gasteiger partial charge in [-0.25, -0.2) is 0 Å². The van der Waals surface area contributed by atoms with Gasteiger partial charge in [0.2, 0.25) is 0 Å². The third kappa shape index (κ3) is 8.80. The van der Waals surface area contributed by atoms with E-state index in [1.807, 2.05) is 5.57 Å². The highest BCUT2D eigenvalue weighted by atomic mass is 32.2. The number of unbranched alkanes of at least 4 members (excludes halogenated alkanes) is 2. The lowest BCUT2D eigenvalue weighted by Gasteiger charge is -2.53. The molecule has 6 atom stereocenters. The third-order valence-corrected chi connectivity index (χ3v) is 12.5. The number of thioether (sulfide) groups is 1. The fourth-order valence-electron chi connectivity index (χ4n) is 8.57. The zero-order chi connectivity index (χ0) is 30.8. The summed E-state index contributed by atoms with van der Waals surface area (Å²) in [6.45, 7) is 36.7. The second-order valence-electron chi connectivity index (χ2n) is 14.7. The predicted octanol–water partition coefficient (Wildman–Crippen LogP) is 13.5. The van der Waals surface area contributed by atoms with E-state index in [2.05, 4.69) is 115 Å². The average molecular weight is 573 g/mol. The van der Waals surface area contributed by atoms with Crippen molar-refractivity contribution in [3.63, 3.8) is 0 Å². The molecule has 0 heterocycles. The van der Waals surface area contributed by atoms with Crippen LogP contribution in [0.5, 0.6) is 0 Å². The molecule has 0 amide bonds.